The Bertz CT molecular complexity index is 178. The number of piperazine rings is 1. The molecule has 18 heavy (non-hydrogen) atoms. The first-order valence-electron chi connectivity index (χ1n) is 7.41. The summed E-state index contributed by atoms with van der Waals surface area (Å²) in [5.74, 6) is 0.0668. The van der Waals surface area contributed by atoms with Gasteiger partial charge in [0.1, 0.15) is 0 Å². The molecular formula is C14H33N3O. The number of rotatable bonds is 4. The molecule has 1 N–H and O–H groups in total. The lowest BCUT2D eigenvalue weighted by Crippen LogP contribution is -2.48. The summed E-state index contributed by atoms with van der Waals surface area (Å²) >= 11 is 0. The van der Waals surface area contributed by atoms with Gasteiger partial charge in [0.15, 0.2) is 0 Å². The van der Waals surface area contributed by atoms with Crippen molar-refractivity contribution in [3.63, 3.8) is 0 Å². The smallest absolute Gasteiger partial charge is 0.216 e. The van der Waals surface area contributed by atoms with Crippen LogP contribution in [0.5, 0.6) is 0 Å². The number of nitrogens with one attached hydrogen (secondary N) is 1. The molecule has 0 aromatic rings. The standard InChI is InChI=1S/C10H21N3O.2C2H6/c1-3-12-6-8-13(9-7-12)5-4-11-10(2)14;2*1-2/h3-9H2,1-2H3,(H,11,14);2*1-2H3. The third kappa shape index (κ3) is 10.5. The number of nitrogens with zero attached hydrogens (tertiary/aromatic N) is 2. The van der Waals surface area contributed by atoms with Gasteiger partial charge in [0.25, 0.3) is 0 Å². The molecule has 1 rings (SSSR count). The number of amides is 1. The van der Waals surface area contributed by atoms with Gasteiger partial charge in [-0.1, -0.05) is 34.6 Å². The van der Waals surface area contributed by atoms with Crippen molar-refractivity contribution in [3.05, 3.63) is 0 Å². The van der Waals surface area contributed by atoms with Crippen LogP contribution < -0.4 is 5.32 Å². The minimum absolute atomic E-state index is 0.0668. The van der Waals surface area contributed by atoms with Crippen LogP contribution in [-0.2, 0) is 4.79 Å². The summed E-state index contributed by atoms with van der Waals surface area (Å²) in [6.45, 7) is 19.3. The van der Waals surface area contributed by atoms with Crippen molar-refractivity contribution in [2.24, 2.45) is 0 Å². The van der Waals surface area contributed by atoms with Crippen molar-refractivity contribution < 1.29 is 4.79 Å². The molecule has 1 saturated heterocycles. The Morgan fingerprint density at radius 3 is 1.83 bits per heavy atom. The summed E-state index contributed by atoms with van der Waals surface area (Å²) in [7, 11) is 0. The molecule has 4 heteroatoms. The Morgan fingerprint density at radius 2 is 1.44 bits per heavy atom. The average molecular weight is 259 g/mol. The van der Waals surface area contributed by atoms with Crippen molar-refractivity contribution in [3.8, 4) is 0 Å². The van der Waals surface area contributed by atoms with Gasteiger partial charge in [0, 0.05) is 46.2 Å². The average Bonchev–Trinajstić information content (AvgIpc) is 2.44. The first-order chi connectivity index (χ1) is 8.72. The maximum atomic E-state index is 10.6. The first-order valence-corrected chi connectivity index (χ1v) is 7.41. The van der Waals surface area contributed by atoms with E-state index >= 15 is 0 Å². The van der Waals surface area contributed by atoms with E-state index in [4.69, 9.17) is 0 Å². The van der Waals surface area contributed by atoms with Gasteiger partial charge in [0.05, 0.1) is 0 Å². The predicted molar refractivity (Wildman–Crippen MR) is 79.9 cm³/mol. The minimum Gasteiger partial charge on any atom is -0.355 e. The summed E-state index contributed by atoms with van der Waals surface area (Å²) in [6.07, 6.45) is 0. The molecule has 1 fully saturated rings. The van der Waals surface area contributed by atoms with Gasteiger partial charge in [-0.3, -0.25) is 9.69 Å². The zero-order chi connectivity index (χ0) is 14.4. The number of hydrogen-bond donors (Lipinski definition) is 1. The molecule has 0 aliphatic carbocycles. The predicted octanol–water partition coefficient (Wildman–Crippen LogP) is 1.81. The molecule has 1 aliphatic rings. The lowest BCUT2D eigenvalue weighted by molar-refractivity contribution is -0.119. The highest BCUT2D eigenvalue weighted by atomic mass is 16.1. The molecule has 0 aromatic carbocycles. The number of likely N-dealkylation sites (N-methyl/N-ethyl adjacent to an activating group) is 1. The van der Waals surface area contributed by atoms with E-state index in [1.165, 1.54) is 0 Å². The molecule has 1 heterocycles. The highest BCUT2D eigenvalue weighted by molar-refractivity contribution is 5.72. The molecule has 110 valence electrons. The fourth-order valence-electron chi connectivity index (χ4n) is 1.72. The summed E-state index contributed by atoms with van der Waals surface area (Å²) in [4.78, 5) is 15.5. The zero-order valence-electron chi connectivity index (χ0n) is 13.3. The van der Waals surface area contributed by atoms with E-state index in [2.05, 4.69) is 22.0 Å². The third-order valence-electron chi connectivity index (χ3n) is 2.71. The van der Waals surface area contributed by atoms with E-state index in [0.717, 1.165) is 45.8 Å². The highest BCUT2D eigenvalue weighted by Gasteiger charge is 2.14. The third-order valence-corrected chi connectivity index (χ3v) is 2.71. The summed E-state index contributed by atoms with van der Waals surface area (Å²) in [5, 5.41) is 2.82. The first kappa shape index (κ1) is 19.7. The van der Waals surface area contributed by atoms with E-state index in [1.54, 1.807) is 6.92 Å². The Labute approximate surface area is 114 Å². The van der Waals surface area contributed by atoms with E-state index in [-0.39, 0.29) is 5.91 Å². The molecule has 0 saturated carbocycles. The summed E-state index contributed by atoms with van der Waals surface area (Å²) in [6, 6.07) is 0. The molecule has 1 amide bonds. The maximum Gasteiger partial charge on any atom is 0.216 e. The number of carbonyl (C=O) groups is 1. The molecule has 0 bridgehead atoms. The summed E-state index contributed by atoms with van der Waals surface area (Å²) in [5.41, 5.74) is 0. The van der Waals surface area contributed by atoms with Crippen molar-refractivity contribution in [1.29, 1.82) is 0 Å². The second-order valence-electron chi connectivity index (χ2n) is 3.76. The van der Waals surface area contributed by atoms with Crippen LogP contribution in [0.2, 0.25) is 0 Å². The topological polar surface area (TPSA) is 35.6 Å². The van der Waals surface area contributed by atoms with Gasteiger partial charge in [-0.25, -0.2) is 0 Å². The fourth-order valence-corrected chi connectivity index (χ4v) is 1.72. The van der Waals surface area contributed by atoms with Gasteiger partial charge in [0.2, 0.25) is 5.91 Å². The SMILES string of the molecule is CC.CC.CCN1CCN(CCNC(C)=O)CC1. The second-order valence-corrected chi connectivity index (χ2v) is 3.76. The number of carbonyl (C=O) groups excluding carboxylic acids is 1. The van der Waals surface area contributed by atoms with Gasteiger partial charge >= 0.3 is 0 Å². The zero-order valence-corrected chi connectivity index (χ0v) is 13.3. The van der Waals surface area contributed by atoms with Crippen LogP contribution in [0.3, 0.4) is 0 Å². The van der Waals surface area contributed by atoms with E-state index in [1.807, 2.05) is 27.7 Å². The second kappa shape index (κ2) is 14.5. The molecule has 0 spiro atoms. The van der Waals surface area contributed by atoms with Gasteiger partial charge in [-0.05, 0) is 6.54 Å². The Hall–Kier alpha value is -0.610. The lowest BCUT2D eigenvalue weighted by atomic mass is 10.3. The molecule has 0 atom stereocenters. The van der Waals surface area contributed by atoms with Gasteiger partial charge in [-0.2, -0.15) is 0 Å². The van der Waals surface area contributed by atoms with E-state index in [0.29, 0.717) is 0 Å². The van der Waals surface area contributed by atoms with Crippen molar-refractivity contribution >= 4 is 5.91 Å². The quantitative estimate of drug-likeness (QED) is 0.836. The molecule has 0 aromatic heterocycles. The number of hydrogen-bond acceptors (Lipinski definition) is 3. The van der Waals surface area contributed by atoms with Gasteiger partial charge in [-0.15, -0.1) is 0 Å². The molecule has 0 unspecified atom stereocenters. The van der Waals surface area contributed by atoms with Crippen LogP contribution in [0.4, 0.5) is 0 Å². The maximum absolute atomic E-state index is 10.6. The Morgan fingerprint density at radius 1 is 1.00 bits per heavy atom. The van der Waals surface area contributed by atoms with Crippen LogP contribution in [0, 0.1) is 0 Å². The fraction of sp³-hybridized carbons (Fsp3) is 0.929. The summed E-state index contributed by atoms with van der Waals surface area (Å²) < 4.78 is 0. The van der Waals surface area contributed by atoms with Crippen LogP contribution >= 0.6 is 0 Å². The van der Waals surface area contributed by atoms with Crippen molar-refractivity contribution in [2.75, 3.05) is 45.8 Å². The largest absolute Gasteiger partial charge is 0.355 e. The lowest BCUT2D eigenvalue weighted by Gasteiger charge is -2.33. The van der Waals surface area contributed by atoms with E-state index < -0.39 is 0 Å². The minimum atomic E-state index is 0.0668. The Kier molecular flexibility index (Phi) is 15.8. The normalized spacial score (nSPS) is 15.9. The molecular weight excluding hydrogens is 226 g/mol. The van der Waals surface area contributed by atoms with E-state index in [9.17, 15) is 4.79 Å². The van der Waals surface area contributed by atoms with Crippen LogP contribution in [0.25, 0.3) is 0 Å². The van der Waals surface area contributed by atoms with Crippen LogP contribution in [-0.4, -0.2) is 61.5 Å². The van der Waals surface area contributed by atoms with Crippen molar-refractivity contribution in [1.82, 2.24) is 15.1 Å². The van der Waals surface area contributed by atoms with Crippen LogP contribution in [0.15, 0.2) is 0 Å². The monoisotopic (exact) mass is 259 g/mol. The van der Waals surface area contributed by atoms with Gasteiger partial charge < -0.3 is 10.2 Å². The molecule has 1 aliphatic heterocycles. The Balaban J connectivity index is 0. The molecule has 4 nitrogen and oxygen atoms in total. The highest BCUT2D eigenvalue weighted by Crippen LogP contribution is 1.99. The van der Waals surface area contributed by atoms with Crippen molar-refractivity contribution in [2.45, 2.75) is 41.5 Å². The molecule has 0 radical (unpaired) electrons. The van der Waals surface area contributed by atoms with Crippen LogP contribution in [0.1, 0.15) is 41.5 Å².